The van der Waals surface area contributed by atoms with Crippen molar-refractivity contribution in [1.82, 2.24) is 15.3 Å². The number of nitrogens with one attached hydrogen (secondary N) is 2. The molecule has 7 heteroatoms. The smallest absolute Gasteiger partial charge is 0.351 e. The van der Waals surface area contributed by atoms with Crippen molar-refractivity contribution in [1.29, 1.82) is 0 Å². The molecule has 18 heavy (non-hydrogen) atoms. The fourth-order valence-electron chi connectivity index (χ4n) is 1.93. The van der Waals surface area contributed by atoms with Gasteiger partial charge >= 0.3 is 6.18 Å². The van der Waals surface area contributed by atoms with Gasteiger partial charge in [-0.05, 0) is 38.4 Å². The van der Waals surface area contributed by atoms with Crippen molar-refractivity contribution >= 4 is 5.95 Å². The fourth-order valence-corrected chi connectivity index (χ4v) is 1.93. The molecule has 2 N–H and O–H groups in total. The van der Waals surface area contributed by atoms with E-state index in [1.807, 2.05) is 0 Å². The van der Waals surface area contributed by atoms with Crippen LogP contribution in [0.4, 0.5) is 19.1 Å². The molecule has 0 amide bonds. The van der Waals surface area contributed by atoms with Gasteiger partial charge in [-0.1, -0.05) is 0 Å². The molecule has 2 heterocycles. The third-order valence-corrected chi connectivity index (χ3v) is 2.85. The number of hydrogen-bond donors (Lipinski definition) is 2. The Morgan fingerprint density at radius 2 is 2.11 bits per heavy atom. The molecular formula is C11H15F3N4. The molecule has 100 valence electrons. The molecule has 1 atom stereocenters. The molecule has 1 aliphatic heterocycles. The van der Waals surface area contributed by atoms with Gasteiger partial charge in [0.1, 0.15) is 5.69 Å². The Bertz CT molecular complexity index is 386. The first-order valence-electron chi connectivity index (χ1n) is 5.93. The number of rotatable bonds is 2. The number of hydrogen-bond acceptors (Lipinski definition) is 4. The van der Waals surface area contributed by atoms with Crippen LogP contribution in [0.1, 0.15) is 25.0 Å². The number of halogens is 3. The third kappa shape index (κ3) is 3.56. The van der Waals surface area contributed by atoms with E-state index in [-0.39, 0.29) is 12.0 Å². The van der Waals surface area contributed by atoms with E-state index in [4.69, 9.17) is 0 Å². The van der Waals surface area contributed by atoms with Gasteiger partial charge in [-0.2, -0.15) is 13.2 Å². The Kier molecular flexibility index (Phi) is 4.00. The highest BCUT2D eigenvalue weighted by atomic mass is 19.4. The summed E-state index contributed by atoms with van der Waals surface area (Å²) in [4.78, 5) is 7.34. The molecule has 4 nitrogen and oxygen atoms in total. The minimum absolute atomic E-state index is 0.0525. The van der Waals surface area contributed by atoms with Crippen molar-refractivity contribution in [3.8, 4) is 0 Å². The highest BCUT2D eigenvalue weighted by Crippen LogP contribution is 2.27. The topological polar surface area (TPSA) is 49.8 Å². The number of anilines is 1. The van der Waals surface area contributed by atoms with Crippen LogP contribution in [0.25, 0.3) is 0 Å². The highest BCUT2D eigenvalue weighted by Gasteiger charge is 2.32. The van der Waals surface area contributed by atoms with E-state index in [0.29, 0.717) is 0 Å². The highest BCUT2D eigenvalue weighted by molar-refractivity contribution is 5.27. The van der Waals surface area contributed by atoms with E-state index in [0.717, 1.165) is 44.6 Å². The first-order valence-corrected chi connectivity index (χ1v) is 5.93. The summed E-state index contributed by atoms with van der Waals surface area (Å²) in [6.07, 6.45) is -0.527. The van der Waals surface area contributed by atoms with Gasteiger partial charge < -0.3 is 10.6 Å². The summed E-state index contributed by atoms with van der Waals surface area (Å²) in [7, 11) is 0. The minimum Gasteiger partial charge on any atom is -0.351 e. The second-order valence-corrected chi connectivity index (χ2v) is 4.29. The zero-order valence-electron chi connectivity index (χ0n) is 9.80. The lowest BCUT2D eigenvalue weighted by atomic mass is 10.1. The Labute approximate surface area is 103 Å². The molecular weight excluding hydrogens is 245 g/mol. The van der Waals surface area contributed by atoms with Crippen LogP contribution < -0.4 is 10.6 Å². The molecule has 0 bridgehead atoms. The van der Waals surface area contributed by atoms with Gasteiger partial charge in [-0.25, -0.2) is 9.97 Å². The van der Waals surface area contributed by atoms with Crippen LogP contribution in [0.2, 0.25) is 0 Å². The molecule has 1 aromatic heterocycles. The molecule has 2 rings (SSSR count). The molecule has 0 aliphatic carbocycles. The largest absolute Gasteiger partial charge is 0.433 e. The Morgan fingerprint density at radius 3 is 2.89 bits per heavy atom. The summed E-state index contributed by atoms with van der Waals surface area (Å²) in [5, 5.41) is 6.21. The van der Waals surface area contributed by atoms with Crippen LogP contribution in [0.5, 0.6) is 0 Å². The van der Waals surface area contributed by atoms with Gasteiger partial charge in [-0.15, -0.1) is 0 Å². The molecule has 1 aliphatic rings. The number of nitrogens with zero attached hydrogens (tertiary/aromatic N) is 2. The molecule has 0 radical (unpaired) electrons. The first-order chi connectivity index (χ1) is 8.55. The van der Waals surface area contributed by atoms with Crippen LogP contribution in [0.3, 0.4) is 0 Å². The molecule has 1 fully saturated rings. The zero-order chi connectivity index (χ0) is 13.0. The fraction of sp³-hybridized carbons (Fsp3) is 0.636. The Hall–Kier alpha value is -1.37. The third-order valence-electron chi connectivity index (χ3n) is 2.85. The summed E-state index contributed by atoms with van der Waals surface area (Å²) in [6.45, 7) is 1.80. The van der Waals surface area contributed by atoms with Gasteiger partial charge in [0.05, 0.1) is 0 Å². The van der Waals surface area contributed by atoms with Crippen LogP contribution >= 0.6 is 0 Å². The van der Waals surface area contributed by atoms with Gasteiger partial charge in [0.2, 0.25) is 5.95 Å². The van der Waals surface area contributed by atoms with Crippen molar-refractivity contribution in [2.24, 2.45) is 0 Å². The summed E-state index contributed by atoms with van der Waals surface area (Å²) in [6, 6.07) is 1.00. The summed E-state index contributed by atoms with van der Waals surface area (Å²) >= 11 is 0. The number of aromatic nitrogens is 2. The van der Waals surface area contributed by atoms with E-state index in [9.17, 15) is 13.2 Å². The van der Waals surface area contributed by atoms with Crippen LogP contribution in [0.15, 0.2) is 12.3 Å². The quantitative estimate of drug-likeness (QED) is 0.854. The van der Waals surface area contributed by atoms with Crippen molar-refractivity contribution in [2.45, 2.75) is 31.5 Å². The van der Waals surface area contributed by atoms with E-state index in [1.165, 1.54) is 0 Å². The molecule has 0 saturated carbocycles. The molecule has 1 aromatic rings. The van der Waals surface area contributed by atoms with Crippen molar-refractivity contribution in [2.75, 3.05) is 18.4 Å². The lowest BCUT2D eigenvalue weighted by Gasteiger charge is -2.16. The zero-order valence-corrected chi connectivity index (χ0v) is 9.80. The Balaban J connectivity index is 2.04. The summed E-state index contributed by atoms with van der Waals surface area (Å²) < 4.78 is 37.5. The average molecular weight is 260 g/mol. The van der Waals surface area contributed by atoms with E-state index < -0.39 is 11.9 Å². The van der Waals surface area contributed by atoms with Crippen LogP contribution in [-0.2, 0) is 6.18 Å². The maximum absolute atomic E-state index is 12.5. The molecule has 1 saturated heterocycles. The van der Waals surface area contributed by atoms with Crippen LogP contribution in [-0.4, -0.2) is 29.1 Å². The van der Waals surface area contributed by atoms with E-state index in [2.05, 4.69) is 20.6 Å². The van der Waals surface area contributed by atoms with E-state index in [1.54, 1.807) is 0 Å². The predicted octanol–water partition coefficient (Wildman–Crippen LogP) is 2.05. The molecule has 0 aromatic carbocycles. The van der Waals surface area contributed by atoms with Crippen LogP contribution in [0, 0.1) is 0 Å². The standard InChI is InChI=1S/C11H15F3N4/c12-11(13,14)9-4-7-16-10(18-9)17-8-2-1-5-15-6-3-8/h4,7-8,15H,1-3,5-6H2,(H,16,17,18). The monoisotopic (exact) mass is 260 g/mol. The molecule has 0 spiro atoms. The van der Waals surface area contributed by atoms with Gasteiger partial charge in [0, 0.05) is 12.2 Å². The Morgan fingerprint density at radius 1 is 1.28 bits per heavy atom. The van der Waals surface area contributed by atoms with Crippen molar-refractivity contribution < 1.29 is 13.2 Å². The van der Waals surface area contributed by atoms with Crippen molar-refractivity contribution in [3.05, 3.63) is 18.0 Å². The SMILES string of the molecule is FC(F)(F)c1ccnc(NC2CCCNCC2)n1. The maximum Gasteiger partial charge on any atom is 0.433 e. The lowest BCUT2D eigenvalue weighted by molar-refractivity contribution is -0.141. The normalized spacial score (nSPS) is 21.4. The average Bonchev–Trinajstić information content (AvgIpc) is 2.57. The van der Waals surface area contributed by atoms with Crippen molar-refractivity contribution in [3.63, 3.8) is 0 Å². The van der Waals surface area contributed by atoms with Gasteiger partial charge in [-0.3, -0.25) is 0 Å². The van der Waals surface area contributed by atoms with Gasteiger partial charge in [0.15, 0.2) is 0 Å². The lowest BCUT2D eigenvalue weighted by Crippen LogP contribution is -2.23. The van der Waals surface area contributed by atoms with E-state index >= 15 is 0 Å². The summed E-state index contributed by atoms with van der Waals surface area (Å²) in [5.41, 5.74) is -0.910. The van der Waals surface area contributed by atoms with Gasteiger partial charge in [0.25, 0.3) is 0 Å². The maximum atomic E-state index is 12.5. The predicted molar refractivity (Wildman–Crippen MR) is 61.2 cm³/mol. The first kappa shape index (κ1) is 13.1. The second kappa shape index (κ2) is 5.51. The number of alkyl halides is 3. The molecule has 1 unspecified atom stereocenters. The summed E-state index contributed by atoms with van der Waals surface area (Å²) in [5.74, 6) is 0.0525. The second-order valence-electron chi connectivity index (χ2n) is 4.29. The minimum atomic E-state index is -4.43.